The molecule has 0 radical (unpaired) electrons. The van der Waals surface area contributed by atoms with Crippen LogP contribution in [0.5, 0.6) is 11.5 Å². The van der Waals surface area contributed by atoms with Crippen LogP contribution < -0.4 is 14.8 Å². The summed E-state index contributed by atoms with van der Waals surface area (Å²) in [6, 6.07) is 11.3. The Kier molecular flexibility index (Phi) is 4.17. The monoisotopic (exact) mass is 358 g/mol. The minimum absolute atomic E-state index is 0.0206. The summed E-state index contributed by atoms with van der Waals surface area (Å²) < 4.78 is 11.3. The van der Waals surface area contributed by atoms with Gasteiger partial charge in [0, 0.05) is 17.8 Å². The minimum atomic E-state index is -0.296. The predicted molar refractivity (Wildman–Crippen MR) is 96.6 cm³/mol. The lowest BCUT2D eigenvalue weighted by molar-refractivity contribution is 0.0682. The first-order chi connectivity index (χ1) is 12.2. The number of halogens is 1. The fourth-order valence-electron chi connectivity index (χ4n) is 3.32. The fourth-order valence-corrected chi connectivity index (χ4v) is 3.59. The second kappa shape index (κ2) is 6.48. The van der Waals surface area contributed by atoms with Crippen molar-refractivity contribution in [2.45, 2.75) is 19.5 Å². The molecule has 6 heteroatoms. The number of carbonyl (C=O) groups excluding carboxylic acids is 1. The molecule has 2 heterocycles. The van der Waals surface area contributed by atoms with Crippen molar-refractivity contribution in [2.75, 3.05) is 25.1 Å². The van der Waals surface area contributed by atoms with Gasteiger partial charge >= 0.3 is 0 Å². The molecule has 0 aliphatic carbocycles. The Morgan fingerprint density at radius 3 is 2.88 bits per heavy atom. The highest BCUT2D eigenvalue weighted by Crippen LogP contribution is 2.42. The Bertz CT molecular complexity index is 824. The number of nitrogens with one attached hydrogen (secondary N) is 1. The Morgan fingerprint density at radius 2 is 2.04 bits per heavy atom. The summed E-state index contributed by atoms with van der Waals surface area (Å²) >= 11 is 6.39. The molecule has 1 amide bonds. The number of amides is 1. The van der Waals surface area contributed by atoms with Crippen molar-refractivity contribution < 1.29 is 14.3 Å². The number of hydrogen-bond donors (Lipinski definition) is 1. The molecule has 1 atom stereocenters. The second-order valence-corrected chi connectivity index (χ2v) is 6.53. The standard InChI is InChI=1S/C19H19ClN2O3/c1-2-7-22-18(21-15-6-4-3-5-13(15)19(22)23)12-10-14(20)17-16(11-12)24-8-9-25-17/h3-6,10-11,18,21H,2,7-9H2,1H3/t18-/m1/s1. The number of hydrogen-bond acceptors (Lipinski definition) is 4. The van der Waals surface area contributed by atoms with E-state index in [9.17, 15) is 4.79 Å². The van der Waals surface area contributed by atoms with Crippen molar-refractivity contribution in [3.05, 3.63) is 52.5 Å². The number of benzene rings is 2. The topological polar surface area (TPSA) is 50.8 Å². The molecule has 2 aliphatic heterocycles. The lowest BCUT2D eigenvalue weighted by Crippen LogP contribution is -2.43. The lowest BCUT2D eigenvalue weighted by atomic mass is 10.0. The van der Waals surface area contributed by atoms with E-state index in [1.807, 2.05) is 41.3 Å². The van der Waals surface area contributed by atoms with Gasteiger partial charge in [0.1, 0.15) is 19.4 Å². The molecule has 2 aliphatic rings. The first-order valence-electron chi connectivity index (χ1n) is 8.44. The molecular weight excluding hydrogens is 340 g/mol. The molecule has 0 fully saturated rings. The van der Waals surface area contributed by atoms with Crippen molar-refractivity contribution in [2.24, 2.45) is 0 Å². The van der Waals surface area contributed by atoms with E-state index in [1.165, 1.54) is 0 Å². The number of rotatable bonds is 3. The quantitative estimate of drug-likeness (QED) is 0.897. The van der Waals surface area contributed by atoms with Gasteiger partial charge in [-0.3, -0.25) is 4.79 Å². The molecule has 2 aromatic carbocycles. The van der Waals surface area contributed by atoms with E-state index in [4.69, 9.17) is 21.1 Å². The Balaban J connectivity index is 1.78. The zero-order valence-electron chi connectivity index (χ0n) is 13.9. The molecule has 0 saturated carbocycles. The average molecular weight is 359 g/mol. The number of para-hydroxylation sites is 1. The molecule has 4 rings (SSSR count). The molecule has 0 bridgehead atoms. The Hall–Kier alpha value is -2.40. The summed E-state index contributed by atoms with van der Waals surface area (Å²) in [5, 5.41) is 3.96. The third-order valence-corrected chi connectivity index (χ3v) is 4.70. The molecule has 25 heavy (non-hydrogen) atoms. The van der Waals surface area contributed by atoms with Crippen molar-refractivity contribution in [3.8, 4) is 11.5 Å². The smallest absolute Gasteiger partial charge is 0.257 e. The summed E-state index contributed by atoms with van der Waals surface area (Å²) in [5.41, 5.74) is 2.40. The molecule has 0 aromatic heterocycles. The predicted octanol–water partition coefficient (Wildman–Crippen LogP) is 4.09. The normalized spacial score (nSPS) is 18.6. The van der Waals surface area contributed by atoms with Gasteiger partial charge in [-0.2, -0.15) is 0 Å². The minimum Gasteiger partial charge on any atom is -0.486 e. The first kappa shape index (κ1) is 16.1. The highest BCUT2D eigenvalue weighted by atomic mass is 35.5. The zero-order chi connectivity index (χ0) is 17.4. The number of nitrogens with zero attached hydrogens (tertiary/aromatic N) is 1. The molecule has 5 nitrogen and oxygen atoms in total. The molecule has 0 spiro atoms. The molecule has 2 aromatic rings. The molecule has 0 saturated heterocycles. The van der Waals surface area contributed by atoms with Crippen LogP contribution in [0.4, 0.5) is 5.69 Å². The molecular formula is C19H19ClN2O3. The summed E-state index contributed by atoms with van der Waals surface area (Å²) in [4.78, 5) is 14.8. The second-order valence-electron chi connectivity index (χ2n) is 6.12. The fraction of sp³-hybridized carbons (Fsp3) is 0.316. The first-order valence-corrected chi connectivity index (χ1v) is 8.82. The van der Waals surface area contributed by atoms with E-state index in [0.29, 0.717) is 41.8 Å². The van der Waals surface area contributed by atoms with Crippen LogP contribution in [-0.2, 0) is 0 Å². The third kappa shape index (κ3) is 2.78. The van der Waals surface area contributed by atoms with E-state index in [2.05, 4.69) is 12.2 Å². The van der Waals surface area contributed by atoms with Gasteiger partial charge in [-0.05, 0) is 30.7 Å². The van der Waals surface area contributed by atoms with E-state index < -0.39 is 0 Å². The van der Waals surface area contributed by atoms with Crippen molar-refractivity contribution >= 4 is 23.2 Å². The Morgan fingerprint density at radius 1 is 1.24 bits per heavy atom. The van der Waals surface area contributed by atoms with Gasteiger partial charge in [0.15, 0.2) is 11.5 Å². The van der Waals surface area contributed by atoms with Crippen LogP contribution >= 0.6 is 11.6 Å². The van der Waals surface area contributed by atoms with Gasteiger partial charge in [-0.1, -0.05) is 30.7 Å². The number of carbonyl (C=O) groups is 1. The van der Waals surface area contributed by atoms with Crippen LogP contribution in [0.2, 0.25) is 5.02 Å². The van der Waals surface area contributed by atoms with Crippen molar-refractivity contribution in [1.29, 1.82) is 0 Å². The summed E-state index contributed by atoms with van der Waals surface area (Å²) in [7, 11) is 0. The van der Waals surface area contributed by atoms with Gasteiger partial charge in [-0.25, -0.2) is 0 Å². The van der Waals surface area contributed by atoms with Crippen molar-refractivity contribution in [3.63, 3.8) is 0 Å². The van der Waals surface area contributed by atoms with E-state index in [1.54, 1.807) is 0 Å². The van der Waals surface area contributed by atoms with Gasteiger partial charge in [0.05, 0.1) is 10.6 Å². The maximum absolute atomic E-state index is 13.0. The van der Waals surface area contributed by atoms with Crippen LogP contribution in [0.15, 0.2) is 36.4 Å². The molecule has 1 N–H and O–H groups in total. The van der Waals surface area contributed by atoms with Gasteiger partial charge in [0.2, 0.25) is 0 Å². The summed E-state index contributed by atoms with van der Waals surface area (Å²) in [5.74, 6) is 1.21. The highest BCUT2D eigenvalue weighted by Gasteiger charge is 2.33. The third-order valence-electron chi connectivity index (χ3n) is 4.42. The van der Waals surface area contributed by atoms with Crippen LogP contribution in [0, 0.1) is 0 Å². The van der Waals surface area contributed by atoms with Gasteiger partial charge in [-0.15, -0.1) is 0 Å². The van der Waals surface area contributed by atoms with Crippen LogP contribution in [-0.4, -0.2) is 30.6 Å². The SMILES string of the molecule is CCCN1C(=O)c2ccccc2N[C@H]1c1cc(Cl)c2c(c1)OCCO2. The summed E-state index contributed by atoms with van der Waals surface area (Å²) in [6.45, 7) is 3.69. The maximum atomic E-state index is 13.0. The average Bonchev–Trinajstić information content (AvgIpc) is 2.64. The lowest BCUT2D eigenvalue weighted by Gasteiger charge is -2.38. The van der Waals surface area contributed by atoms with Crippen LogP contribution in [0.25, 0.3) is 0 Å². The Labute approximate surface area is 151 Å². The van der Waals surface area contributed by atoms with E-state index in [0.717, 1.165) is 17.7 Å². The number of fused-ring (bicyclic) bond motifs is 2. The van der Waals surface area contributed by atoms with Crippen LogP contribution in [0.3, 0.4) is 0 Å². The molecule has 0 unspecified atom stereocenters. The summed E-state index contributed by atoms with van der Waals surface area (Å²) in [6.07, 6.45) is 0.570. The number of ether oxygens (including phenoxy) is 2. The van der Waals surface area contributed by atoms with Gasteiger partial charge < -0.3 is 19.7 Å². The molecule has 130 valence electrons. The van der Waals surface area contributed by atoms with E-state index in [-0.39, 0.29) is 12.1 Å². The number of anilines is 1. The van der Waals surface area contributed by atoms with E-state index >= 15 is 0 Å². The van der Waals surface area contributed by atoms with Gasteiger partial charge in [0.25, 0.3) is 5.91 Å². The van der Waals surface area contributed by atoms with Crippen LogP contribution in [0.1, 0.15) is 35.4 Å². The van der Waals surface area contributed by atoms with Crippen molar-refractivity contribution in [1.82, 2.24) is 4.90 Å². The maximum Gasteiger partial charge on any atom is 0.257 e. The highest BCUT2D eigenvalue weighted by molar-refractivity contribution is 6.32. The largest absolute Gasteiger partial charge is 0.486 e. The zero-order valence-corrected chi connectivity index (χ0v) is 14.7.